The maximum atomic E-state index is 13.0. The predicted octanol–water partition coefficient (Wildman–Crippen LogP) is 8.83. The SMILES string of the molecule is CCC1=CC(c2ncc(-c3ccc(-c4ccc(-c5cnc([C@@H]6CCCN6C(=O)OC(C)(C)C)[nH]5)cc4)cc3)[nH]2)N(C(=O)OC(C)(C)C)C1. The van der Waals surface area contributed by atoms with Gasteiger partial charge >= 0.3 is 12.2 Å². The Morgan fingerprint density at radius 1 is 0.750 bits per heavy atom. The summed E-state index contributed by atoms with van der Waals surface area (Å²) in [7, 11) is 0. The maximum Gasteiger partial charge on any atom is 0.411 e. The number of nitrogens with one attached hydrogen (secondary N) is 2. The number of likely N-dealkylation sites (tertiary alicyclic amines) is 1. The van der Waals surface area contributed by atoms with Gasteiger partial charge in [-0.3, -0.25) is 9.80 Å². The minimum Gasteiger partial charge on any atom is -0.444 e. The van der Waals surface area contributed by atoms with Crippen molar-refractivity contribution in [2.45, 2.75) is 91.0 Å². The zero-order valence-electron chi connectivity index (χ0n) is 29.0. The number of carbonyl (C=O) groups excluding carboxylic acids is 2. The van der Waals surface area contributed by atoms with Gasteiger partial charge in [0.05, 0.1) is 29.8 Å². The van der Waals surface area contributed by atoms with Crippen molar-refractivity contribution in [3.05, 3.63) is 84.2 Å². The van der Waals surface area contributed by atoms with Crippen molar-refractivity contribution < 1.29 is 19.1 Å². The molecule has 4 aromatic rings. The van der Waals surface area contributed by atoms with E-state index in [1.165, 1.54) is 5.57 Å². The van der Waals surface area contributed by atoms with Crippen LogP contribution < -0.4 is 0 Å². The van der Waals surface area contributed by atoms with Gasteiger partial charge in [0.1, 0.15) is 28.9 Å². The van der Waals surface area contributed by atoms with Gasteiger partial charge < -0.3 is 19.4 Å². The molecule has 0 aliphatic carbocycles. The van der Waals surface area contributed by atoms with Gasteiger partial charge in [0.15, 0.2) is 0 Å². The van der Waals surface area contributed by atoms with Gasteiger partial charge in [0.25, 0.3) is 0 Å². The Bertz CT molecular complexity index is 1790. The molecule has 6 rings (SSSR count). The van der Waals surface area contributed by atoms with Crippen LogP contribution in [-0.4, -0.2) is 66.2 Å². The molecule has 2 atom stereocenters. The first-order valence-corrected chi connectivity index (χ1v) is 16.8. The number of rotatable bonds is 6. The van der Waals surface area contributed by atoms with E-state index in [9.17, 15) is 9.59 Å². The van der Waals surface area contributed by atoms with Crippen LogP contribution in [0, 0.1) is 0 Å². The van der Waals surface area contributed by atoms with Crippen LogP contribution in [0.1, 0.15) is 91.5 Å². The first-order valence-electron chi connectivity index (χ1n) is 16.8. The van der Waals surface area contributed by atoms with E-state index in [4.69, 9.17) is 9.47 Å². The lowest BCUT2D eigenvalue weighted by Gasteiger charge is -2.28. The zero-order valence-corrected chi connectivity index (χ0v) is 29.0. The highest BCUT2D eigenvalue weighted by Crippen LogP contribution is 2.35. The standard InChI is InChI=1S/C38H46N6O4/c1-8-24-20-32(44(23-24)36(46)48-38(5,6)7)34-40-22-30(42-34)28-17-13-26(14-18-28)25-11-15-27(16-12-25)29-21-39-33(41-29)31-10-9-19-43(31)35(45)47-37(2,3)4/h11-18,20-22,31-32H,8-10,19,23H2,1-7H3,(H,39,41)(H,40,42)/t31-,32?/m0/s1. The topological polar surface area (TPSA) is 116 Å². The molecule has 2 aromatic carbocycles. The number of hydrogen-bond donors (Lipinski definition) is 2. The van der Waals surface area contributed by atoms with E-state index < -0.39 is 11.2 Å². The second-order valence-corrected chi connectivity index (χ2v) is 14.6. The number of nitrogens with zero attached hydrogens (tertiary/aromatic N) is 4. The number of carbonyl (C=O) groups is 2. The third-order valence-corrected chi connectivity index (χ3v) is 8.58. The molecule has 1 unspecified atom stereocenters. The molecule has 0 bridgehead atoms. The summed E-state index contributed by atoms with van der Waals surface area (Å²) in [4.78, 5) is 45.5. The van der Waals surface area contributed by atoms with E-state index in [1.54, 1.807) is 9.80 Å². The van der Waals surface area contributed by atoms with Crippen LogP contribution in [0.3, 0.4) is 0 Å². The molecular formula is C38H46N6O4. The number of aromatic nitrogens is 4. The van der Waals surface area contributed by atoms with Crippen molar-refractivity contribution in [2.24, 2.45) is 0 Å². The number of ether oxygens (including phenoxy) is 2. The van der Waals surface area contributed by atoms with Gasteiger partial charge in [-0.15, -0.1) is 0 Å². The quantitative estimate of drug-likeness (QED) is 0.202. The second kappa shape index (κ2) is 13.0. The second-order valence-electron chi connectivity index (χ2n) is 14.6. The molecule has 10 heteroatoms. The van der Waals surface area contributed by atoms with E-state index in [1.807, 2.05) is 53.9 Å². The van der Waals surface area contributed by atoms with Crippen LogP contribution >= 0.6 is 0 Å². The maximum absolute atomic E-state index is 13.0. The zero-order chi connectivity index (χ0) is 34.2. The number of imidazole rings is 2. The van der Waals surface area contributed by atoms with Crippen molar-refractivity contribution in [3.8, 4) is 33.6 Å². The monoisotopic (exact) mass is 650 g/mol. The Labute approximate surface area is 282 Å². The van der Waals surface area contributed by atoms with Crippen LogP contribution in [0.25, 0.3) is 33.6 Å². The molecule has 0 saturated carbocycles. The van der Waals surface area contributed by atoms with E-state index in [0.717, 1.165) is 58.7 Å². The van der Waals surface area contributed by atoms with E-state index >= 15 is 0 Å². The molecule has 2 aromatic heterocycles. The van der Waals surface area contributed by atoms with Crippen molar-refractivity contribution in [1.29, 1.82) is 0 Å². The summed E-state index contributed by atoms with van der Waals surface area (Å²) in [5.74, 6) is 1.49. The van der Waals surface area contributed by atoms with Crippen LogP contribution in [0.2, 0.25) is 0 Å². The molecule has 0 radical (unpaired) electrons. The van der Waals surface area contributed by atoms with Crippen molar-refractivity contribution in [1.82, 2.24) is 29.7 Å². The molecule has 0 spiro atoms. The highest BCUT2D eigenvalue weighted by molar-refractivity contribution is 5.73. The lowest BCUT2D eigenvalue weighted by Crippen LogP contribution is -2.37. The predicted molar refractivity (Wildman–Crippen MR) is 186 cm³/mol. The Morgan fingerprint density at radius 3 is 1.75 bits per heavy atom. The van der Waals surface area contributed by atoms with Crippen LogP contribution in [0.4, 0.5) is 9.59 Å². The van der Waals surface area contributed by atoms with Crippen molar-refractivity contribution in [3.63, 3.8) is 0 Å². The van der Waals surface area contributed by atoms with Crippen LogP contribution in [0.15, 0.2) is 72.6 Å². The summed E-state index contributed by atoms with van der Waals surface area (Å²) in [6.07, 6.45) is 7.75. The van der Waals surface area contributed by atoms with Gasteiger partial charge in [-0.05, 0) is 83.1 Å². The average molecular weight is 651 g/mol. The molecule has 1 saturated heterocycles. The summed E-state index contributed by atoms with van der Waals surface area (Å²) in [6, 6.07) is 16.3. The highest BCUT2D eigenvalue weighted by atomic mass is 16.6. The minimum absolute atomic E-state index is 0.121. The molecule has 10 nitrogen and oxygen atoms in total. The van der Waals surface area contributed by atoms with Crippen molar-refractivity contribution in [2.75, 3.05) is 13.1 Å². The minimum atomic E-state index is -0.572. The Hall–Kier alpha value is -4.86. The van der Waals surface area contributed by atoms with Gasteiger partial charge in [0.2, 0.25) is 0 Å². The van der Waals surface area contributed by atoms with E-state index in [2.05, 4.69) is 81.5 Å². The molecule has 2 aliphatic rings. The molecule has 48 heavy (non-hydrogen) atoms. The molecule has 4 heterocycles. The number of aromatic amines is 2. The fraction of sp³-hybridized carbons (Fsp3) is 0.421. The summed E-state index contributed by atoms with van der Waals surface area (Å²) in [6.45, 7) is 14.6. The van der Waals surface area contributed by atoms with Crippen LogP contribution in [-0.2, 0) is 9.47 Å². The van der Waals surface area contributed by atoms with Crippen LogP contribution in [0.5, 0.6) is 0 Å². The smallest absolute Gasteiger partial charge is 0.411 e. The Balaban J connectivity index is 1.13. The first-order chi connectivity index (χ1) is 22.8. The van der Waals surface area contributed by atoms with E-state index in [0.29, 0.717) is 18.9 Å². The lowest BCUT2D eigenvalue weighted by molar-refractivity contribution is 0.0213. The van der Waals surface area contributed by atoms with Gasteiger partial charge in [-0.2, -0.15) is 0 Å². The number of amides is 2. The summed E-state index contributed by atoms with van der Waals surface area (Å²) >= 11 is 0. The van der Waals surface area contributed by atoms with Gasteiger partial charge in [-0.25, -0.2) is 19.6 Å². The van der Waals surface area contributed by atoms with Gasteiger partial charge in [0, 0.05) is 13.1 Å². The molecular weight excluding hydrogens is 604 g/mol. The van der Waals surface area contributed by atoms with Crippen molar-refractivity contribution >= 4 is 12.2 Å². The number of H-pyrrole nitrogens is 2. The molecule has 2 N–H and O–H groups in total. The largest absolute Gasteiger partial charge is 0.444 e. The summed E-state index contributed by atoms with van der Waals surface area (Å²) in [5.41, 5.74) is 6.09. The lowest BCUT2D eigenvalue weighted by atomic mass is 10.0. The average Bonchev–Trinajstić information content (AvgIpc) is 3.85. The Morgan fingerprint density at radius 2 is 1.23 bits per heavy atom. The first kappa shape index (κ1) is 33.1. The summed E-state index contributed by atoms with van der Waals surface area (Å²) < 4.78 is 11.3. The fourth-order valence-corrected chi connectivity index (χ4v) is 6.20. The fourth-order valence-electron chi connectivity index (χ4n) is 6.20. The third kappa shape index (κ3) is 7.32. The Kier molecular flexibility index (Phi) is 8.94. The molecule has 252 valence electrons. The molecule has 1 fully saturated rings. The normalized spacial score (nSPS) is 18.3. The number of hydrogen-bond acceptors (Lipinski definition) is 6. The highest BCUT2D eigenvalue weighted by Gasteiger charge is 2.36. The third-order valence-electron chi connectivity index (χ3n) is 8.58. The van der Waals surface area contributed by atoms with E-state index in [-0.39, 0.29) is 24.3 Å². The summed E-state index contributed by atoms with van der Waals surface area (Å²) in [5, 5.41) is 0. The van der Waals surface area contributed by atoms with Gasteiger partial charge in [-0.1, -0.05) is 67.1 Å². The molecule has 2 amide bonds. The molecule has 2 aliphatic heterocycles. The number of benzene rings is 2.